The topological polar surface area (TPSA) is 96.7 Å². The molecule has 2 aromatic rings. The second-order valence-electron chi connectivity index (χ2n) is 3.28. The number of hydrogen-bond donors (Lipinski definition) is 3. The Balaban J connectivity index is 2.25. The van der Waals surface area contributed by atoms with E-state index in [2.05, 4.69) is 20.6 Å². The van der Waals surface area contributed by atoms with E-state index in [9.17, 15) is 4.79 Å². The molecule has 4 N–H and O–H groups in total. The van der Waals surface area contributed by atoms with Crippen LogP contribution in [0.2, 0.25) is 0 Å². The summed E-state index contributed by atoms with van der Waals surface area (Å²) < 4.78 is 0. The average molecular weight is 229 g/mol. The summed E-state index contributed by atoms with van der Waals surface area (Å²) in [6.45, 7) is 0. The van der Waals surface area contributed by atoms with Gasteiger partial charge in [0, 0.05) is 0 Å². The summed E-state index contributed by atoms with van der Waals surface area (Å²) in [7, 11) is 0. The highest BCUT2D eigenvalue weighted by atomic mass is 16.1. The van der Waals surface area contributed by atoms with Gasteiger partial charge in [0.1, 0.15) is 0 Å². The molecular formula is C11H11N5O. The molecule has 86 valence electrons. The Morgan fingerprint density at radius 3 is 2.59 bits per heavy atom. The maximum atomic E-state index is 11.5. The number of nitrogen functional groups attached to an aromatic ring is 1. The van der Waals surface area contributed by atoms with E-state index in [1.54, 1.807) is 12.2 Å². The van der Waals surface area contributed by atoms with Crippen molar-refractivity contribution in [3.8, 4) is 0 Å². The number of hydrazine groups is 1. The third-order valence-electron chi connectivity index (χ3n) is 2.09. The zero-order valence-electron chi connectivity index (χ0n) is 8.92. The lowest BCUT2D eigenvalue weighted by Crippen LogP contribution is -2.19. The van der Waals surface area contributed by atoms with Crippen LogP contribution in [-0.2, 0) is 0 Å². The number of benzene rings is 1. The molecule has 0 aliphatic carbocycles. The molecule has 0 fully saturated rings. The second kappa shape index (κ2) is 5.04. The third-order valence-corrected chi connectivity index (χ3v) is 2.09. The molecule has 2 rings (SSSR count). The van der Waals surface area contributed by atoms with E-state index in [4.69, 9.17) is 5.84 Å². The van der Waals surface area contributed by atoms with Crippen molar-refractivity contribution < 1.29 is 0 Å². The normalized spacial score (nSPS) is 10.6. The highest BCUT2D eigenvalue weighted by Crippen LogP contribution is 2.03. The molecule has 0 bridgehead atoms. The van der Waals surface area contributed by atoms with Crippen LogP contribution in [-0.4, -0.2) is 15.2 Å². The SMILES string of the molecule is NNc1nnc(/C=C/c2ccccc2)c(=O)[nH]1. The number of H-pyrrole nitrogens is 1. The van der Waals surface area contributed by atoms with Crippen molar-refractivity contribution in [2.75, 3.05) is 5.43 Å². The molecule has 0 aliphatic heterocycles. The van der Waals surface area contributed by atoms with Gasteiger partial charge in [-0.2, -0.15) is 0 Å². The molecule has 1 aromatic carbocycles. The van der Waals surface area contributed by atoms with Gasteiger partial charge in [0.25, 0.3) is 5.56 Å². The highest BCUT2D eigenvalue weighted by molar-refractivity contribution is 5.67. The number of nitrogens with one attached hydrogen (secondary N) is 2. The van der Waals surface area contributed by atoms with Gasteiger partial charge >= 0.3 is 0 Å². The van der Waals surface area contributed by atoms with E-state index in [0.717, 1.165) is 5.56 Å². The lowest BCUT2D eigenvalue weighted by molar-refractivity contribution is 0.927. The Kier molecular flexibility index (Phi) is 3.27. The first-order valence-corrected chi connectivity index (χ1v) is 4.96. The zero-order valence-corrected chi connectivity index (χ0v) is 8.92. The maximum absolute atomic E-state index is 11.5. The molecule has 17 heavy (non-hydrogen) atoms. The fraction of sp³-hybridized carbons (Fsp3) is 0. The van der Waals surface area contributed by atoms with E-state index >= 15 is 0 Å². The van der Waals surface area contributed by atoms with E-state index in [0.29, 0.717) is 0 Å². The summed E-state index contributed by atoms with van der Waals surface area (Å²) >= 11 is 0. The van der Waals surface area contributed by atoms with Crippen LogP contribution >= 0.6 is 0 Å². The largest absolute Gasteiger partial charge is 0.293 e. The van der Waals surface area contributed by atoms with Crippen LogP contribution in [0.3, 0.4) is 0 Å². The van der Waals surface area contributed by atoms with Crippen molar-refractivity contribution in [3.63, 3.8) is 0 Å². The first kappa shape index (κ1) is 11.0. The summed E-state index contributed by atoms with van der Waals surface area (Å²) in [5.74, 6) is 5.22. The van der Waals surface area contributed by atoms with Gasteiger partial charge < -0.3 is 0 Å². The Bertz CT molecular complexity index is 576. The van der Waals surface area contributed by atoms with Gasteiger partial charge in [0.2, 0.25) is 5.95 Å². The van der Waals surface area contributed by atoms with Crippen LogP contribution in [0, 0.1) is 0 Å². The molecule has 0 saturated heterocycles. The summed E-state index contributed by atoms with van der Waals surface area (Å²) in [6, 6.07) is 9.60. The van der Waals surface area contributed by atoms with Gasteiger partial charge in [0.15, 0.2) is 5.69 Å². The minimum atomic E-state index is -0.347. The van der Waals surface area contributed by atoms with Gasteiger partial charge in [-0.1, -0.05) is 36.4 Å². The number of anilines is 1. The Morgan fingerprint density at radius 1 is 1.18 bits per heavy atom. The molecule has 0 spiro atoms. The fourth-order valence-corrected chi connectivity index (χ4v) is 1.26. The average Bonchev–Trinajstić information content (AvgIpc) is 2.38. The van der Waals surface area contributed by atoms with E-state index < -0.39 is 0 Å². The lowest BCUT2D eigenvalue weighted by atomic mass is 10.2. The summed E-state index contributed by atoms with van der Waals surface area (Å²) in [6.07, 6.45) is 3.39. The standard InChI is InChI=1S/C11H11N5O/c12-14-11-13-10(17)9(15-16-11)7-6-8-4-2-1-3-5-8/h1-7H,12H2,(H2,13,14,16,17)/b7-6+. The van der Waals surface area contributed by atoms with Crippen molar-refractivity contribution in [2.45, 2.75) is 0 Å². The first-order chi connectivity index (χ1) is 8.29. The molecule has 0 amide bonds. The summed E-state index contributed by atoms with van der Waals surface area (Å²) in [4.78, 5) is 14.0. The predicted molar refractivity (Wildman–Crippen MR) is 65.8 cm³/mol. The Hall–Kier alpha value is -2.47. The van der Waals surface area contributed by atoms with Gasteiger partial charge in [-0.15, -0.1) is 10.2 Å². The molecule has 0 unspecified atom stereocenters. The van der Waals surface area contributed by atoms with Crippen molar-refractivity contribution in [1.29, 1.82) is 0 Å². The molecule has 0 atom stereocenters. The number of aromatic amines is 1. The van der Waals surface area contributed by atoms with Gasteiger partial charge in [0.05, 0.1) is 0 Å². The van der Waals surface area contributed by atoms with Crippen LogP contribution < -0.4 is 16.8 Å². The van der Waals surface area contributed by atoms with Crippen molar-refractivity contribution >= 4 is 18.1 Å². The van der Waals surface area contributed by atoms with Crippen LogP contribution in [0.1, 0.15) is 11.3 Å². The van der Waals surface area contributed by atoms with Crippen LogP contribution in [0.25, 0.3) is 12.2 Å². The number of aromatic nitrogens is 3. The minimum absolute atomic E-state index is 0.131. The van der Waals surface area contributed by atoms with Gasteiger partial charge in [-0.05, 0) is 11.6 Å². The first-order valence-electron chi connectivity index (χ1n) is 4.96. The molecule has 0 radical (unpaired) electrons. The highest BCUT2D eigenvalue weighted by Gasteiger charge is 1.99. The van der Waals surface area contributed by atoms with Crippen molar-refractivity contribution in [2.24, 2.45) is 5.84 Å². The van der Waals surface area contributed by atoms with Crippen LogP contribution in [0.4, 0.5) is 5.95 Å². The number of nitrogens with two attached hydrogens (primary N) is 1. The minimum Gasteiger partial charge on any atom is -0.293 e. The fourth-order valence-electron chi connectivity index (χ4n) is 1.26. The number of rotatable bonds is 3. The smallest absolute Gasteiger partial charge is 0.278 e. The third kappa shape index (κ3) is 2.76. The molecule has 6 nitrogen and oxygen atoms in total. The molecule has 1 heterocycles. The number of nitrogens with zero attached hydrogens (tertiary/aromatic N) is 2. The summed E-state index contributed by atoms with van der Waals surface area (Å²) in [5.41, 5.74) is 3.08. The Morgan fingerprint density at radius 2 is 1.94 bits per heavy atom. The van der Waals surface area contributed by atoms with Crippen LogP contribution in [0.15, 0.2) is 35.1 Å². The van der Waals surface area contributed by atoms with E-state index in [-0.39, 0.29) is 17.2 Å². The lowest BCUT2D eigenvalue weighted by Gasteiger charge is -1.96. The molecule has 6 heteroatoms. The van der Waals surface area contributed by atoms with Crippen LogP contribution in [0.5, 0.6) is 0 Å². The Labute approximate surface area is 97.2 Å². The van der Waals surface area contributed by atoms with E-state index in [1.165, 1.54) is 0 Å². The number of hydrogen-bond acceptors (Lipinski definition) is 5. The van der Waals surface area contributed by atoms with Crippen molar-refractivity contribution in [1.82, 2.24) is 15.2 Å². The van der Waals surface area contributed by atoms with Gasteiger partial charge in [-0.3, -0.25) is 15.2 Å². The predicted octanol–water partition coefficient (Wildman–Crippen LogP) is 0.621. The zero-order chi connectivity index (χ0) is 12.1. The van der Waals surface area contributed by atoms with Gasteiger partial charge in [-0.25, -0.2) is 5.84 Å². The molecule has 0 saturated carbocycles. The summed E-state index contributed by atoms with van der Waals surface area (Å²) in [5, 5.41) is 7.42. The molecule has 1 aromatic heterocycles. The monoisotopic (exact) mass is 229 g/mol. The quantitative estimate of drug-likeness (QED) is 0.529. The van der Waals surface area contributed by atoms with Crippen molar-refractivity contribution in [3.05, 3.63) is 51.9 Å². The molecule has 0 aliphatic rings. The van der Waals surface area contributed by atoms with E-state index in [1.807, 2.05) is 30.3 Å². The second-order valence-corrected chi connectivity index (χ2v) is 3.28. The molecular weight excluding hydrogens is 218 g/mol. The maximum Gasteiger partial charge on any atom is 0.278 e.